The maximum Gasteiger partial charge on any atom is 0.254 e. The van der Waals surface area contributed by atoms with Crippen molar-refractivity contribution in [2.24, 2.45) is 0 Å². The van der Waals surface area contributed by atoms with Gasteiger partial charge >= 0.3 is 0 Å². The monoisotopic (exact) mass is 486 g/mol. The molecule has 2 aliphatic rings. The number of piperidine rings is 1. The largest absolute Gasteiger partial charge is 0.495 e. The van der Waals surface area contributed by atoms with Crippen molar-refractivity contribution in [3.8, 4) is 11.5 Å². The van der Waals surface area contributed by atoms with Gasteiger partial charge in [0.2, 0.25) is 10.0 Å². The Morgan fingerprint density at radius 1 is 1.03 bits per heavy atom. The van der Waals surface area contributed by atoms with Crippen molar-refractivity contribution in [2.75, 3.05) is 26.8 Å². The zero-order chi connectivity index (χ0) is 24.3. The van der Waals surface area contributed by atoms with Crippen LogP contribution in [0.3, 0.4) is 0 Å². The fourth-order valence-corrected chi connectivity index (χ4v) is 6.92. The Hall–Kier alpha value is -2.58. The van der Waals surface area contributed by atoms with Crippen LogP contribution >= 0.6 is 0 Å². The Bertz CT molecular complexity index is 1120. The first-order valence-corrected chi connectivity index (χ1v) is 13.5. The highest BCUT2D eigenvalue weighted by Crippen LogP contribution is 2.36. The predicted molar refractivity (Wildman–Crippen MR) is 131 cm³/mol. The summed E-state index contributed by atoms with van der Waals surface area (Å²) in [5.74, 6) is 0.903. The normalized spacial score (nSPS) is 21.4. The molecule has 2 aliphatic heterocycles. The fraction of sp³-hybridized carbons (Fsp3) is 0.500. The van der Waals surface area contributed by atoms with Gasteiger partial charge in [-0.3, -0.25) is 4.79 Å². The van der Waals surface area contributed by atoms with E-state index in [1.165, 1.54) is 13.2 Å². The second kappa shape index (κ2) is 10.4. The van der Waals surface area contributed by atoms with Crippen LogP contribution in [0.5, 0.6) is 11.5 Å². The molecule has 2 saturated heterocycles. The van der Waals surface area contributed by atoms with Crippen molar-refractivity contribution in [3.05, 3.63) is 53.6 Å². The molecule has 0 radical (unpaired) electrons. The molecule has 0 bridgehead atoms. The first-order valence-electron chi connectivity index (χ1n) is 12.1. The first-order chi connectivity index (χ1) is 16.4. The molecule has 0 saturated carbocycles. The average Bonchev–Trinajstić information content (AvgIpc) is 3.34. The molecule has 0 N–H and O–H groups in total. The summed E-state index contributed by atoms with van der Waals surface area (Å²) in [6, 6.07) is 12.5. The van der Waals surface area contributed by atoms with Crippen LogP contribution in [0.4, 0.5) is 0 Å². The standard InChI is InChI=1S/C26H34N2O5S/c1-4-33-22-13-10-20(11-14-22)23-9-7-16-27(23)26(29)21-12-15-24(32-3)25(18-21)34(30,31)28-17-6-5-8-19(28)2/h10-15,18-19,23H,4-9,16-17H2,1-3H3/t19-,23+/m1/s1. The Morgan fingerprint density at radius 3 is 2.47 bits per heavy atom. The Balaban J connectivity index is 1.63. The number of amides is 1. The van der Waals surface area contributed by atoms with Crippen molar-refractivity contribution in [1.82, 2.24) is 9.21 Å². The summed E-state index contributed by atoms with van der Waals surface area (Å²) in [5.41, 5.74) is 1.42. The number of carbonyl (C=O) groups is 1. The third-order valence-electron chi connectivity index (χ3n) is 6.83. The van der Waals surface area contributed by atoms with E-state index >= 15 is 0 Å². The summed E-state index contributed by atoms with van der Waals surface area (Å²) >= 11 is 0. The lowest BCUT2D eigenvalue weighted by molar-refractivity contribution is 0.0735. The smallest absolute Gasteiger partial charge is 0.254 e. The summed E-state index contributed by atoms with van der Waals surface area (Å²) in [5, 5.41) is 0. The van der Waals surface area contributed by atoms with Gasteiger partial charge in [0, 0.05) is 24.7 Å². The summed E-state index contributed by atoms with van der Waals surface area (Å²) < 4.78 is 39.6. The van der Waals surface area contributed by atoms with Gasteiger partial charge in [-0.15, -0.1) is 0 Å². The van der Waals surface area contributed by atoms with E-state index in [9.17, 15) is 13.2 Å². The molecule has 4 rings (SSSR count). The van der Waals surface area contributed by atoms with Crippen LogP contribution in [0.25, 0.3) is 0 Å². The molecule has 1 amide bonds. The molecule has 0 unspecified atom stereocenters. The van der Waals surface area contributed by atoms with E-state index in [0.717, 1.165) is 43.4 Å². The van der Waals surface area contributed by atoms with Crippen LogP contribution < -0.4 is 9.47 Å². The number of sulfonamides is 1. The summed E-state index contributed by atoms with van der Waals surface area (Å²) in [4.78, 5) is 15.5. The number of carbonyl (C=O) groups excluding carboxylic acids is 1. The third-order valence-corrected chi connectivity index (χ3v) is 8.86. The number of likely N-dealkylation sites (tertiary alicyclic amines) is 1. The van der Waals surface area contributed by atoms with Gasteiger partial charge in [-0.05, 0) is 75.4 Å². The minimum atomic E-state index is -3.79. The van der Waals surface area contributed by atoms with E-state index in [1.807, 2.05) is 43.0 Å². The Morgan fingerprint density at radius 2 is 1.79 bits per heavy atom. The van der Waals surface area contributed by atoms with Crippen molar-refractivity contribution < 1.29 is 22.7 Å². The molecule has 2 fully saturated rings. The van der Waals surface area contributed by atoms with Crippen LogP contribution in [-0.4, -0.2) is 56.4 Å². The number of rotatable bonds is 7. The highest BCUT2D eigenvalue weighted by Gasteiger charge is 2.35. The van der Waals surface area contributed by atoms with Crippen LogP contribution in [0.2, 0.25) is 0 Å². The van der Waals surface area contributed by atoms with E-state index < -0.39 is 10.0 Å². The molecular formula is C26H34N2O5S. The molecule has 2 aromatic rings. The summed E-state index contributed by atoms with van der Waals surface area (Å²) in [6.07, 6.45) is 4.45. The zero-order valence-electron chi connectivity index (χ0n) is 20.2. The highest BCUT2D eigenvalue weighted by molar-refractivity contribution is 7.89. The quantitative estimate of drug-likeness (QED) is 0.570. The minimum Gasteiger partial charge on any atom is -0.495 e. The van der Waals surface area contributed by atoms with Crippen LogP contribution in [0.1, 0.15) is 67.9 Å². The molecule has 2 heterocycles. The van der Waals surface area contributed by atoms with Gasteiger partial charge in [-0.25, -0.2) is 8.42 Å². The van der Waals surface area contributed by atoms with Crippen LogP contribution in [0, 0.1) is 0 Å². The van der Waals surface area contributed by atoms with Crippen molar-refractivity contribution in [3.63, 3.8) is 0 Å². The maximum absolute atomic E-state index is 13.6. The summed E-state index contributed by atoms with van der Waals surface area (Å²) in [7, 11) is -2.33. The summed E-state index contributed by atoms with van der Waals surface area (Å²) in [6.45, 7) is 5.60. The van der Waals surface area contributed by atoms with E-state index in [1.54, 1.807) is 16.4 Å². The number of benzene rings is 2. The number of hydrogen-bond donors (Lipinski definition) is 0. The van der Waals surface area contributed by atoms with E-state index in [4.69, 9.17) is 9.47 Å². The number of ether oxygens (including phenoxy) is 2. The highest BCUT2D eigenvalue weighted by atomic mass is 32.2. The molecule has 0 aliphatic carbocycles. The van der Waals surface area contributed by atoms with Gasteiger partial charge < -0.3 is 14.4 Å². The van der Waals surface area contributed by atoms with Gasteiger partial charge in [-0.1, -0.05) is 18.6 Å². The SMILES string of the molecule is CCOc1ccc([C@@H]2CCCN2C(=O)c2ccc(OC)c(S(=O)(=O)N3CCCC[C@H]3C)c2)cc1. The lowest BCUT2D eigenvalue weighted by Gasteiger charge is -2.32. The number of nitrogens with zero attached hydrogens (tertiary/aromatic N) is 2. The molecule has 0 spiro atoms. The molecular weight excluding hydrogens is 452 g/mol. The van der Waals surface area contributed by atoms with Crippen LogP contribution in [-0.2, 0) is 10.0 Å². The lowest BCUT2D eigenvalue weighted by Crippen LogP contribution is -2.42. The van der Waals surface area contributed by atoms with E-state index in [2.05, 4.69) is 0 Å². The van der Waals surface area contributed by atoms with Gasteiger partial charge in [0.25, 0.3) is 5.91 Å². The fourth-order valence-electron chi connectivity index (χ4n) is 5.04. The third kappa shape index (κ3) is 4.79. The molecule has 8 heteroatoms. The van der Waals surface area contributed by atoms with Crippen molar-refractivity contribution in [2.45, 2.75) is 62.9 Å². The van der Waals surface area contributed by atoms with Gasteiger partial charge in [0.1, 0.15) is 16.4 Å². The van der Waals surface area contributed by atoms with E-state index in [-0.39, 0.29) is 28.6 Å². The topological polar surface area (TPSA) is 76.1 Å². The first kappa shape index (κ1) is 24.5. The number of hydrogen-bond acceptors (Lipinski definition) is 5. The predicted octanol–water partition coefficient (Wildman–Crippen LogP) is 4.63. The second-order valence-electron chi connectivity index (χ2n) is 8.98. The second-order valence-corrected chi connectivity index (χ2v) is 10.8. The van der Waals surface area contributed by atoms with Gasteiger partial charge in [0.05, 0.1) is 19.8 Å². The molecule has 2 aromatic carbocycles. The molecule has 34 heavy (non-hydrogen) atoms. The minimum absolute atomic E-state index is 0.0487. The molecule has 2 atom stereocenters. The lowest BCUT2D eigenvalue weighted by atomic mass is 10.0. The number of methoxy groups -OCH3 is 1. The molecule has 7 nitrogen and oxygen atoms in total. The molecule has 184 valence electrons. The van der Waals surface area contributed by atoms with Crippen molar-refractivity contribution >= 4 is 15.9 Å². The molecule has 0 aromatic heterocycles. The van der Waals surface area contributed by atoms with Gasteiger partial charge in [0.15, 0.2) is 0 Å². The van der Waals surface area contributed by atoms with Gasteiger partial charge in [-0.2, -0.15) is 4.31 Å². The van der Waals surface area contributed by atoms with E-state index in [0.29, 0.717) is 25.3 Å². The zero-order valence-corrected chi connectivity index (χ0v) is 21.0. The average molecular weight is 487 g/mol. The van der Waals surface area contributed by atoms with Crippen LogP contribution in [0.15, 0.2) is 47.4 Å². The maximum atomic E-state index is 13.6. The Kier molecular flexibility index (Phi) is 7.48. The van der Waals surface area contributed by atoms with Crippen molar-refractivity contribution in [1.29, 1.82) is 0 Å². The Labute approximate surface area is 202 Å².